The van der Waals surface area contributed by atoms with Crippen molar-refractivity contribution in [1.82, 2.24) is 19.2 Å². The normalized spacial score (nSPS) is 20.7. The maximum Gasteiger partial charge on any atom is 0.291 e. The highest BCUT2D eigenvalue weighted by Gasteiger charge is 2.29. The fourth-order valence-electron chi connectivity index (χ4n) is 4.48. The van der Waals surface area contributed by atoms with Crippen molar-refractivity contribution < 1.29 is 4.79 Å². The van der Waals surface area contributed by atoms with Crippen molar-refractivity contribution in [3.63, 3.8) is 0 Å². The Labute approximate surface area is 162 Å². The van der Waals surface area contributed by atoms with E-state index in [4.69, 9.17) is 0 Å². The Morgan fingerprint density at radius 2 is 2.00 bits per heavy atom. The molecule has 0 spiro atoms. The van der Waals surface area contributed by atoms with Crippen molar-refractivity contribution in [3.8, 4) is 0 Å². The van der Waals surface area contributed by atoms with Crippen LogP contribution in [0.3, 0.4) is 0 Å². The van der Waals surface area contributed by atoms with Gasteiger partial charge in [-0.25, -0.2) is 4.68 Å². The maximum absolute atomic E-state index is 13.2. The van der Waals surface area contributed by atoms with Gasteiger partial charge >= 0.3 is 0 Å². The minimum absolute atomic E-state index is 0.00498. The summed E-state index contributed by atoms with van der Waals surface area (Å²) in [7, 11) is 0. The van der Waals surface area contributed by atoms with Gasteiger partial charge in [-0.2, -0.15) is 5.10 Å². The third kappa shape index (κ3) is 2.88. The fraction of sp³-hybridized carbons (Fsp3) is 0.550. The molecule has 0 aliphatic carbocycles. The summed E-state index contributed by atoms with van der Waals surface area (Å²) in [5, 5.41) is 5.24. The van der Waals surface area contributed by atoms with Crippen molar-refractivity contribution in [2.24, 2.45) is 0 Å². The van der Waals surface area contributed by atoms with E-state index in [0.717, 1.165) is 34.9 Å². The Kier molecular flexibility index (Phi) is 4.58. The SMILES string of the molecule is CCn1c2cc(C)sc2c2cnn(CC(=O)N3[C@H](C)CCC[C@H]3C)c(=O)c21. The topological polar surface area (TPSA) is 60.1 Å². The number of fused-ring (bicyclic) bond motifs is 3. The van der Waals surface area contributed by atoms with E-state index in [2.05, 4.69) is 31.9 Å². The smallest absolute Gasteiger partial charge is 0.291 e. The quantitative estimate of drug-likeness (QED) is 0.692. The zero-order chi connectivity index (χ0) is 19.3. The summed E-state index contributed by atoms with van der Waals surface area (Å²) in [5.74, 6) is -0.0177. The highest BCUT2D eigenvalue weighted by atomic mass is 32.1. The van der Waals surface area contributed by atoms with Crippen molar-refractivity contribution in [2.45, 2.75) is 72.1 Å². The van der Waals surface area contributed by atoms with Crippen LogP contribution in [0.1, 0.15) is 44.9 Å². The van der Waals surface area contributed by atoms with Gasteiger partial charge in [-0.1, -0.05) is 0 Å². The summed E-state index contributed by atoms with van der Waals surface area (Å²) in [4.78, 5) is 29.2. The summed E-state index contributed by atoms with van der Waals surface area (Å²) in [6.07, 6.45) is 4.94. The molecule has 1 amide bonds. The first-order valence-electron chi connectivity index (χ1n) is 9.72. The van der Waals surface area contributed by atoms with Crippen LogP contribution in [0.25, 0.3) is 21.1 Å². The maximum atomic E-state index is 13.2. The number of thiophene rings is 1. The van der Waals surface area contributed by atoms with Gasteiger partial charge < -0.3 is 9.47 Å². The largest absolute Gasteiger partial charge is 0.336 e. The van der Waals surface area contributed by atoms with Crippen LogP contribution in [0.2, 0.25) is 0 Å². The number of aryl methyl sites for hydroxylation is 2. The van der Waals surface area contributed by atoms with Crippen LogP contribution in [0.4, 0.5) is 0 Å². The number of rotatable bonds is 3. The monoisotopic (exact) mass is 386 g/mol. The molecular formula is C20H26N4O2S. The highest BCUT2D eigenvalue weighted by Crippen LogP contribution is 2.33. The van der Waals surface area contributed by atoms with Gasteiger partial charge in [-0.15, -0.1) is 11.3 Å². The van der Waals surface area contributed by atoms with E-state index in [9.17, 15) is 9.59 Å². The van der Waals surface area contributed by atoms with E-state index in [-0.39, 0.29) is 30.1 Å². The molecule has 0 radical (unpaired) electrons. The lowest BCUT2D eigenvalue weighted by atomic mass is 9.97. The molecule has 3 aromatic rings. The molecule has 4 rings (SSSR count). The van der Waals surface area contributed by atoms with Crippen molar-refractivity contribution >= 4 is 38.4 Å². The molecule has 0 aromatic carbocycles. The molecule has 0 N–H and O–H groups in total. The van der Waals surface area contributed by atoms with Gasteiger partial charge in [0, 0.05) is 28.9 Å². The second kappa shape index (κ2) is 6.78. The Hall–Kier alpha value is -2.15. The Morgan fingerprint density at radius 1 is 1.30 bits per heavy atom. The molecule has 6 nitrogen and oxygen atoms in total. The molecule has 7 heteroatoms. The summed E-state index contributed by atoms with van der Waals surface area (Å²) < 4.78 is 4.48. The first-order valence-corrected chi connectivity index (χ1v) is 10.5. The molecule has 0 saturated carbocycles. The predicted molar refractivity (Wildman–Crippen MR) is 109 cm³/mol. The third-order valence-corrected chi connectivity index (χ3v) is 6.82. The lowest BCUT2D eigenvalue weighted by molar-refractivity contribution is -0.138. The van der Waals surface area contributed by atoms with Crippen LogP contribution in [-0.4, -0.2) is 37.2 Å². The number of amides is 1. The number of carbonyl (C=O) groups excluding carboxylic acids is 1. The van der Waals surface area contributed by atoms with E-state index < -0.39 is 0 Å². The molecule has 1 aliphatic rings. The Bertz CT molecular complexity index is 1070. The Morgan fingerprint density at radius 3 is 2.67 bits per heavy atom. The molecule has 0 bridgehead atoms. The summed E-state index contributed by atoms with van der Waals surface area (Å²) in [6, 6.07) is 2.55. The van der Waals surface area contributed by atoms with Crippen LogP contribution in [-0.2, 0) is 17.9 Å². The summed E-state index contributed by atoms with van der Waals surface area (Å²) >= 11 is 1.69. The predicted octanol–water partition coefficient (Wildman–Crippen LogP) is 3.53. The number of carbonyl (C=O) groups is 1. The number of piperidine rings is 1. The molecule has 1 aliphatic heterocycles. The van der Waals surface area contributed by atoms with Gasteiger partial charge in [-0.05, 0) is 53.0 Å². The zero-order valence-corrected chi connectivity index (χ0v) is 17.2. The van der Waals surface area contributed by atoms with Crippen LogP contribution in [0.5, 0.6) is 0 Å². The molecule has 3 aromatic heterocycles. The van der Waals surface area contributed by atoms with E-state index in [1.54, 1.807) is 17.5 Å². The molecule has 27 heavy (non-hydrogen) atoms. The van der Waals surface area contributed by atoms with E-state index in [1.807, 2.05) is 16.4 Å². The molecule has 1 saturated heterocycles. The molecular weight excluding hydrogens is 360 g/mol. The van der Waals surface area contributed by atoms with E-state index in [0.29, 0.717) is 12.1 Å². The number of hydrogen-bond donors (Lipinski definition) is 0. The minimum atomic E-state index is -0.180. The van der Waals surface area contributed by atoms with Gasteiger partial charge in [0.2, 0.25) is 5.91 Å². The zero-order valence-electron chi connectivity index (χ0n) is 16.4. The summed E-state index contributed by atoms with van der Waals surface area (Å²) in [6.45, 7) is 9.01. The van der Waals surface area contributed by atoms with Crippen LogP contribution >= 0.6 is 11.3 Å². The fourth-order valence-corrected chi connectivity index (χ4v) is 5.51. The van der Waals surface area contributed by atoms with Crippen LogP contribution in [0.15, 0.2) is 17.1 Å². The van der Waals surface area contributed by atoms with Crippen LogP contribution in [0, 0.1) is 6.92 Å². The van der Waals surface area contributed by atoms with Gasteiger partial charge in [0.05, 0.1) is 16.4 Å². The van der Waals surface area contributed by atoms with Gasteiger partial charge in [0.25, 0.3) is 5.56 Å². The van der Waals surface area contributed by atoms with Gasteiger partial charge in [0.15, 0.2) is 0 Å². The highest BCUT2D eigenvalue weighted by molar-refractivity contribution is 7.20. The molecule has 2 atom stereocenters. The molecule has 144 valence electrons. The van der Waals surface area contributed by atoms with Crippen molar-refractivity contribution in [3.05, 3.63) is 27.5 Å². The van der Waals surface area contributed by atoms with Crippen molar-refractivity contribution in [1.29, 1.82) is 0 Å². The number of aromatic nitrogens is 3. The van der Waals surface area contributed by atoms with Crippen LogP contribution < -0.4 is 5.56 Å². The summed E-state index contributed by atoms with van der Waals surface area (Å²) in [5.41, 5.74) is 1.55. The molecule has 1 fully saturated rings. The molecule has 0 unspecified atom stereocenters. The van der Waals surface area contributed by atoms with Gasteiger partial charge in [-0.3, -0.25) is 9.59 Å². The lowest BCUT2D eigenvalue weighted by Crippen LogP contribution is -2.49. The average molecular weight is 387 g/mol. The Balaban J connectivity index is 1.76. The lowest BCUT2D eigenvalue weighted by Gasteiger charge is -2.39. The number of nitrogens with zero attached hydrogens (tertiary/aromatic N) is 4. The van der Waals surface area contributed by atoms with E-state index in [1.165, 1.54) is 9.56 Å². The number of likely N-dealkylation sites (tertiary alicyclic amines) is 1. The second-order valence-electron chi connectivity index (χ2n) is 7.62. The molecule has 4 heterocycles. The second-order valence-corrected chi connectivity index (χ2v) is 8.87. The average Bonchev–Trinajstić information content (AvgIpc) is 3.12. The van der Waals surface area contributed by atoms with Crippen molar-refractivity contribution in [2.75, 3.05) is 0 Å². The van der Waals surface area contributed by atoms with Gasteiger partial charge in [0.1, 0.15) is 12.1 Å². The number of hydrogen-bond acceptors (Lipinski definition) is 4. The first-order chi connectivity index (χ1) is 12.9. The minimum Gasteiger partial charge on any atom is -0.336 e. The standard InChI is InChI=1S/C20H26N4O2S/c1-5-22-16-9-14(4)27-19(16)15-10-21-23(20(26)18(15)22)11-17(25)24-12(2)7-6-8-13(24)3/h9-10,12-13H,5-8,11H2,1-4H3/t12-,13-/m1/s1. The third-order valence-electron chi connectivity index (χ3n) is 5.74. The van der Waals surface area contributed by atoms with E-state index >= 15 is 0 Å². The first kappa shape index (κ1) is 18.2.